The third-order valence-electron chi connectivity index (χ3n) is 3.74. The number of carbonyl (C=O) groups excluding carboxylic acids is 1. The Hall–Kier alpha value is -3.35. The Labute approximate surface area is 155 Å². The van der Waals surface area contributed by atoms with Gasteiger partial charge in [0.05, 0.1) is 5.69 Å². The maximum Gasteiger partial charge on any atom is 0.274 e. The number of nitrogens with zero attached hydrogens (tertiary/aromatic N) is 2. The Morgan fingerprint density at radius 2 is 1.63 bits per heavy atom. The first-order valence-corrected chi connectivity index (χ1v) is 8.27. The summed E-state index contributed by atoms with van der Waals surface area (Å²) in [6.07, 6.45) is 0. The maximum atomic E-state index is 13.8. The van der Waals surface area contributed by atoms with Crippen molar-refractivity contribution in [3.05, 3.63) is 76.6 Å². The topological polar surface area (TPSA) is 66.9 Å². The van der Waals surface area contributed by atoms with Crippen molar-refractivity contribution in [2.45, 2.75) is 20.8 Å². The van der Waals surface area contributed by atoms with E-state index in [1.165, 1.54) is 12.1 Å². The normalized spacial score (nSPS) is 10.6. The minimum Gasteiger partial charge on any atom is -0.322 e. The van der Waals surface area contributed by atoms with Gasteiger partial charge in [-0.25, -0.2) is 18.7 Å². The summed E-state index contributed by atoms with van der Waals surface area (Å²) < 4.78 is 26.9. The van der Waals surface area contributed by atoms with E-state index in [0.717, 1.165) is 23.3 Å². The Balaban J connectivity index is 1.84. The molecule has 0 radical (unpaired) electrons. The second-order valence-corrected chi connectivity index (χ2v) is 6.30. The number of benzene rings is 2. The third-order valence-corrected chi connectivity index (χ3v) is 3.74. The van der Waals surface area contributed by atoms with Crippen molar-refractivity contribution in [1.82, 2.24) is 9.97 Å². The first-order chi connectivity index (χ1) is 12.8. The minimum atomic E-state index is -0.777. The molecule has 5 nitrogen and oxygen atoms in total. The van der Waals surface area contributed by atoms with E-state index in [0.29, 0.717) is 11.4 Å². The summed E-state index contributed by atoms with van der Waals surface area (Å²) in [5, 5.41) is 5.47. The third kappa shape index (κ3) is 4.63. The lowest BCUT2D eigenvalue weighted by Crippen LogP contribution is -2.16. The zero-order chi connectivity index (χ0) is 19.6. The molecule has 0 saturated carbocycles. The number of aromatic nitrogens is 2. The fraction of sp³-hybridized carbons (Fsp3) is 0.150. The molecule has 2 aromatic carbocycles. The van der Waals surface area contributed by atoms with Crippen LogP contribution in [-0.2, 0) is 0 Å². The van der Waals surface area contributed by atoms with E-state index in [9.17, 15) is 13.6 Å². The maximum absolute atomic E-state index is 13.8. The van der Waals surface area contributed by atoms with Crippen molar-refractivity contribution in [3.8, 4) is 0 Å². The number of hydrogen-bond acceptors (Lipinski definition) is 4. The second kappa shape index (κ2) is 7.49. The number of aryl methyl sites for hydroxylation is 3. The van der Waals surface area contributed by atoms with Gasteiger partial charge in [0.25, 0.3) is 5.91 Å². The highest BCUT2D eigenvalue weighted by atomic mass is 19.1. The molecule has 0 aliphatic rings. The second-order valence-electron chi connectivity index (χ2n) is 6.30. The largest absolute Gasteiger partial charge is 0.322 e. The van der Waals surface area contributed by atoms with Crippen molar-refractivity contribution in [1.29, 1.82) is 0 Å². The van der Waals surface area contributed by atoms with Crippen molar-refractivity contribution in [2.75, 3.05) is 10.6 Å². The van der Waals surface area contributed by atoms with Gasteiger partial charge in [-0.2, -0.15) is 0 Å². The van der Waals surface area contributed by atoms with Crippen LogP contribution in [0.3, 0.4) is 0 Å². The first kappa shape index (κ1) is 18.4. The summed E-state index contributed by atoms with van der Waals surface area (Å²) in [6.45, 7) is 5.58. The van der Waals surface area contributed by atoms with Crippen molar-refractivity contribution in [3.63, 3.8) is 0 Å². The highest BCUT2D eigenvalue weighted by Crippen LogP contribution is 2.20. The summed E-state index contributed by atoms with van der Waals surface area (Å²) >= 11 is 0. The van der Waals surface area contributed by atoms with Crippen LogP contribution in [-0.4, -0.2) is 15.9 Å². The zero-order valence-corrected chi connectivity index (χ0v) is 15.1. The summed E-state index contributed by atoms with van der Waals surface area (Å²) in [4.78, 5) is 20.8. The molecule has 0 atom stereocenters. The Kier molecular flexibility index (Phi) is 5.12. The van der Waals surface area contributed by atoms with Crippen LogP contribution < -0.4 is 10.6 Å². The van der Waals surface area contributed by atoms with Crippen LogP contribution >= 0.6 is 0 Å². The Morgan fingerprint density at radius 1 is 0.926 bits per heavy atom. The van der Waals surface area contributed by atoms with E-state index in [-0.39, 0.29) is 17.3 Å². The molecule has 2 N–H and O–H groups in total. The predicted octanol–water partition coefficient (Wildman–Crippen LogP) is 4.68. The van der Waals surface area contributed by atoms with Gasteiger partial charge in [-0.15, -0.1) is 0 Å². The summed E-state index contributed by atoms with van der Waals surface area (Å²) in [5.74, 6) is -1.82. The Morgan fingerprint density at radius 3 is 2.30 bits per heavy atom. The SMILES string of the molecule is Cc1cc(C)cc(NC(=O)c2cc(C)nc(Nc3ccc(F)cc3F)n2)c1. The van der Waals surface area contributed by atoms with E-state index in [1.807, 2.05) is 32.0 Å². The van der Waals surface area contributed by atoms with Gasteiger partial charge in [-0.1, -0.05) is 6.07 Å². The molecule has 7 heteroatoms. The van der Waals surface area contributed by atoms with Gasteiger partial charge in [0.15, 0.2) is 0 Å². The summed E-state index contributed by atoms with van der Waals surface area (Å²) in [5.41, 5.74) is 3.39. The van der Waals surface area contributed by atoms with Gasteiger partial charge >= 0.3 is 0 Å². The summed E-state index contributed by atoms with van der Waals surface area (Å²) in [6, 6.07) is 10.4. The average Bonchev–Trinajstić information content (AvgIpc) is 2.56. The van der Waals surface area contributed by atoms with Gasteiger partial charge in [-0.3, -0.25) is 4.79 Å². The molecule has 1 heterocycles. The molecule has 3 aromatic rings. The number of carbonyl (C=O) groups is 1. The van der Waals surface area contributed by atoms with E-state index >= 15 is 0 Å². The monoisotopic (exact) mass is 368 g/mol. The van der Waals surface area contributed by atoms with Gasteiger partial charge < -0.3 is 10.6 Å². The lowest BCUT2D eigenvalue weighted by Gasteiger charge is -2.10. The van der Waals surface area contributed by atoms with Crippen LogP contribution in [0, 0.1) is 32.4 Å². The molecule has 0 fully saturated rings. The van der Waals surface area contributed by atoms with Gasteiger partial charge in [0.2, 0.25) is 5.95 Å². The molecule has 0 unspecified atom stereocenters. The van der Waals surface area contributed by atoms with Crippen LogP contribution in [0.1, 0.15) is 27.3 Å². The molecular formula is C20H18F2N4O. The molecular weight excluding hydrogens is 350 g/mol. The molecule has 0 aliphatic carbocycles. The van der Waals surface area contributed by atoms with Crippen molar-refractivity contribution < 1.29 is 13.6 Å². The fourth-order valence-electron chi connectivity index (χ4n) is 2.69. The lowest BCUT2D eigenvalue weighted by atomic mass is 10.1. The van der Waals surface area contributed by atoms with Crippen LogP contribution in [0.2, 0.25) is 0 Å². The average molecular weight is 368 g/mol. The van der Waals surface area contributed by atoms with E-state index in [1.54, 1.807) is 6.92 Å². The zero-order valence-electron chi connectivity index (χ0n) is 15.1. The summed E-state index contributed by atoms with van der Waals surface area (Å²) in [7, 11) is 0. The van der Waals surface area contributed by atoms with Gasteiger partial charge in [0, 0.05) is 17.4 Å². The molecule has 0 bridgehead atoms. The number of anilines is 3. The molecule has 3 rings (SSSR count). The Bertz CT molecular complexity index is 1000. The molecule has 0 spiro atoms. The molecule has 0 aliphatic heterocycles. The standard InChI is InChI=1S/C20H18F2N4O/c1-11-6-12(2)8-15(7-11)24-19(27)18-9-13(3)23-20(26-18)25-17-5-4-14(21)10-16(17)22/h4-10H,1-3H3,(H,24,27)(H,23,25,26). The van der Waals surface area contributed by atoms with Gasteiger partial charge in [-0.05, 0) is 62.2 Å². The van der Waals surface area contributed by atoms with Crippen molar-refractivity contribution >= 4 is 23.2 Å². The quantitative estimate of drug-likeness (QED) is 0.702. The first-order valence-electron chi connectivity index (χ1n) is 8.27. The predicted molar refractivity (Wildman–Crippen MR) is 100 cm³/mol. The molecule has 0 saturated heterocycles. The number of rotatable bonds is 4. The highest BCUT2D eigenvalue weighted by Gasteiger charge is 2.13. The minimum absolute atomic E-state index is 0.0164. The number of hydrogen-bond donors (Lipinski definition) is 2. The van der Waals surface area contributed by atoms with Crippen LogP contribution in [0.25, 0.3) is 0 Å². The van der Waals surface area contributed by atoms with Gasteiger partial charge in [0.1, 0.15) is 17.3 Å². The molecule has 138 valence electrons. The van der Waals surface area contributed by atoms with Crippen molar-refractivity contribution in [2.24, 2.45) is 0 Å². The van der Waals surface area contributed by atoms with E-state index < -0.39 is 17.5 Å². The van der Waals surface area contributed by atoms with Crippen LogP contribution in [0.4, 0.5) is 26.1 Å². The van der Waals surface area contributed by atoms with Crippen LogP contribution in [0.15, 0.2) is 42.5 Å². The number of nitrogens with one attached hydrogen (secondary N) is 2. The number of halogens is 2. The molecule has 1 aromatic heterocycles. The smallest absolute Gasteiger partial charge is 0.274 e. The number of amides is 1. The lowest BCUT2D eigenvalue weighted by molar-refractivity contribution is 0.102. The molecule has 27 heavy (non-hydrogen) atoms. The van der Waals surface area contributed by atoms with E-state index in [4.69, 9.17) is 0 Å². The van der Waals surface area contributed by atoms with E-state index in [2.05, 4.69) is 20.6 Å². The fourth-order valence-corrected chi connectivity index (χ4v) is 2.69. The highest BCUT2D eigenvalue weighted by molar-refractivity contribution is 6.03. The van der Waals surface area contributed by atoms with Crippen LogP contribution in [0.5, 0.6) is 0 Å². The molecule has 1 amide bonds.